The van der Waals surface area contributed by atoms with E-state index in [1.165, 1.54) is 6.08 Å². The van der Waals surface area contributed by atoms with Crippen LogP contribution in [0.4, 0.5) is 0 Å². The topological polar surface area (TPSA) is 92.9 Å². The lowest BCUT2D eigenvalue weighted by Crippen LogP contribution is -2.06. The first kappa shape index (κ1) is 21.7. The van der Waals surface area contributed by atoms with Crippen LogP contribution in [0.15, 0.2) is 46.9 Å². The van der Waals surface area contributed by atoms with Gasteiger partial charge in [-0.1, -0.05) is 11.6 Å². The number of hydrogen-bond donors (Lipinski definition) is 0. The molecule has 0 bridgehead atoms. The Hall–Kier alpha value is -3.52. The van der Waals surface area contributed by atoms with Gasteiger partial charge in [-0.05, 0) is 55.0 Å². The van der Waals surface area contributed by atoms with Gasteiger partial charge < -0.3 is 23.4 Å². The van der Waals surface area contributed by atoms with Gasteiger partial charge in [0.25, 0.3) is 5.89 Å². The number of aromatic nitrogens is 2. The predicted molar refractivity (Wildman–Crippen MR) is 117 cm³/mol. The molecule has 8 nitrogen and oxygen atoms in total. The highest BCUT2D eigenvalue weighted by molar-refractivity contribution is 6.32. The molecule has 0 N–H and O–H groups in total. The SMILES string of the molecule is COc1ccc(-c2nnc(C(C)OC(=O)/C=C/c3cc(Cl)c4c(c3)OCCCO4)o2)cc1. The average Bonchev–Trinajstić information content (AvgIpc) is 3.17. The fourth-order valence-electron chi connectivity index (χ4n) is 3.02. The van der Waals surface area contributed by atoms with Crippen LogP contribution in [0, 0.1) is 0 Å². The van der Waals surface area contributed by atoms with Crippen molar-refractivity contribution in [2.75, 3.05) is 20.3 Å². The van der Waals surface area contributed by atoms with Crippen LogP contribution in [0.2, 0.25) is 5.02 Å². The number of ether oxygens (including phenoxy) is 4. The molecule has 1 aliphatic heterocycles. The van der Waals surface area contributed by atoms with Gasteiger partial charge in [0.2, 0.25) is 5.89 Å². The molecule has 0 radical (unpaired) electrons. The van der Waals surface area contributed by atoms with Crippen molar-refractivity contribution in [1.82, 2.24) is 10.2 Å². The highest BCUT2D eigenvalue weighted by atomic mass is 35.5. The van der Waals surface area contributed by atoms with E-state index in [0.29, 0.717) is 41.2 Å². The van der Waals surface area contributed by atoms with E-state index >= 15 is 0 Å². The fourth-order valence-corrected chi connectivity index (χ4v) is 3.30. The largest absolute Gasteiger partial charge is 0.497 e. The van der Waals surface area contributed by atoms with E-state index in [-0.39, 0.29) is 5.89 Å². The van der Waals surface area contributed by atoms with Crippen molar-refractivity contribution in [3.05, 3.63) is 59.0 Å². The summed E-state index contributed by atoms with van der Waals surface area (Å²) >= 11 is 6.28. The van der Waals surface area contributed by atoms with E-state index in [1.807, 2.05) is 0 Å². The molecule has 1 aromatic heterocycles. The summed E-state index contributed by atoms with van der Waals surface area (Å²) in [5, 5.41) is 8.41. The Balaban J connectivity index is 1.40. The first-order valence-corrected chi connectivity index (χ1v) is 10.4. The monoisotopic (exact) mass is 456 g/mol. The molecular formula is C23H21ClN2O6. The molecule has 1 aliphatic rings. The van der Waals surface area contributed by atoms with Crippen molar-refractivity contribution >= 4 is 23.6 Å². The molecule has 1 atom stereocenters. The first-order valence-electron chi connectivity index (χ1n) is 9.99. The Morgan fingerprint density at radius 1 is 1.16 bits per heavy atom. The van der Waals surface area contributed by atoms with E-state index < -0.39 is 12.1 Å². The molecule has 0 saturated carbocycles. The van der Waals surface area contributed by atoms with Crippen molar-refractivity contribution in [3.63, 3.8) is 0 Å². The summed E-state index contributed by atoms with van der Waals surface area (Å²) in [6, 6.07) is 10.6. The summed E-state index contributed by atoms with van der Waals surface area (Å²) in [7, 11) is 1.59. The Morgan fingerprint density at radius 2 is 1.94 bits per heavy atom. The Kier molecular flexibility index (Phi) is 6.61. The Bertz CT molecular complexity index is 1130. The summed E-state index contributed by atoms with van der Waals surface area (Å²) in [5.41, 5.74) is 1.41. The van der Waals surface area contributed by atoms with Gasteiger partial charge in [0.05, 0.1) is 25.3 Å². The lowest BCUT2D eigenvalue weighted by molar-refractivity contribution is -0.143. The summed E-state index contributed by atoms with van der Waals surface area (Å²) in [6.07, 6.45) is 2.94. The average molecular weight is 457 g/mol. The zero-order valence-corrected chi connectivity index (χ0v) is 18.3. The highest BCUT2D eigenvalue weighted by Crippen LogP contribution is 2.38. The predicted octanol–water partition coefficient (Wildman–Crippen LogP) is 4.88. The van der Waals surface area contributed by atoms with Crippen LogP contribution in [0.25, 0.3) is 17.5 Å². The second kappa shape index (κ2) is 9.74. The molecule has 3 aromatic rings. The minimum atomic E-state index is -0.723. The maximum absolute atomic E-state index is 12.3. The van der Waals surface area contributed by atoms with Crippen LogP contribution in [-0.4, -0.2) is 36.5 Å². The van der Waals surface area contributed by atoms with Gasteiger partial charge in [0.1, 0.15) is 5.75 Å². The molecule has 0 saturated heterocycles. The smallest absolute Gasteiger partial charge is 0.331 e. The third-order valence-electron chi connectivity index (χ3n) is 4.65. The molecule has 9 heteroatoms. The van der Waals surface area contributed by atoms with Gasteiger partial charge in [-0.2, -0.15) is 0 Å². The van der Waals surface area contributed by atoms with Gasteiger partial charge in [0, 0.05) is 18.1 Å². The molecule has 166 valence electrons. The maximum Gasteiger partial charge on any atom is 0.331 e. The standard InChI is InChI=1S/C23H21ClN2O6/c1-14(22-25-26-23(32-22)16-5-7-17(28-2)8-6-16)31-20(27)9-4-15-12-18(24)21-19(13-15)29-10-3-11-30-21/h4-9,12-14H,3,10-11H2,1-2H3/b9-4+. The molecule has 2 aromatic carbocycles. The van der Waals surface area contributed by atoms with Crippen molar-refractivity contribution < 1.29 is 28.2 Å². The number of rotatable bonds is 6. The van der Waals surface area contributed by atoms with Crippen LogP contribution in [0.1, 0.15) is 30.9 Å². The molecule has 0 aliphatic carbocycles. The molecule has 32 heavy (non-hydrogen) atoms. The minimum Gasteiger partial charge on any atom is -0.497 e. The lowest BCUT2D eigenvalue weighted by Gasteiger charge is -2.10. The van der Waals surface area contributed by atoms with Crippen LogP contribution in [-0.2, 0) is 9.53 Å². The van der Waals surface area contributed by atoms with Crippen LogP contribution in [0.5, 0.6) is 17.2 Å². The van der Waals surface area contributed by atoms with Gasteiger partial charge in [-0.3, -0.25) is 0 Å². The van der Waals surface area contributed by atoms with Gasteiger partial charge in [-0.15, -0.1) is 10.2 Å². The van der Waals surface area contributed by atoms with Crippen molar-refractivity contribution in [2.24, 2.45) is 0 Å². The van der Waals surface area contributed by atoms with E-state index in [9.17, 15) is 4.79 Å². The van der Waals surface area contributed by atoms with E-state index in [4.69, 9.17) is 35.0 Å². The van der Waals surface area contributed by atoms with Crippen molar-refractivity contribution in [1.29, 1.82) is 0 Å². The van der Waals surface area contributed by atoms with Crippen LogP contribution < -0.4 is 14.2 Å². The number of carbonyl (C=O) groups is 1. The summed E-state index contributed by atoms with van der Waals surface area (Å²) in [4.78, 5) is 12.3. The lowest BCUT2D eigenvalue weighted by atomic mass is 10.2. The number of methoxy groups -OCH3 is 1. The maximum atomic E-state index is 12.3. The second-order valence-corrected chi connectivity index (χ2v) is 7.37. The molecule has 0 fully saturated rings. The summed E-state index contributed by atoms with van der Waals surface area (Å²) in [5.74, 6) is 1.73. The van der Waals surface area contributed by atoms with Crippen LogP contribution >= 0.6 is 11.6 Å². The quantitative estimate of drug-likeness (QED) is 0.383. The molecule has 1 unspecified atom stereocenters. The van der Waals surface area contributed by atoms with E-state index in [0.717, 1.165) is 17.7 Å². The fraction of sp³-hybridized carbons (Fsp3) is 0.261. The number of fused-ring (bicyclic) bond motifs is 1. The number of hydrogen-bond acceptors (Lipinski definition) is 8. The molecule has 2 heterocycles. The van der Waals surface area contributed by atoms with Crippen LogP contribution in [0.3, 0.4) is 0 Å². The third-order valence-corrected chi connectivity index (χ3v) is 4.94. The number of halogens is 1. The van der Waals surface area contributed by atoms with Crippen molar-refractivity contribution in [2.45, 2.75) is 19.4 Å². The molecule has 0 spiro atoms. The Morgan fingerprint density at radius 3 is 2.72 bits per heavy atom. The molecule has 4 rings (SSSR count). The second-order valence-electron chi connectivity index (χ2n) is 6.97. The van der Waals surface area contributed by atoms with E-state index in [2.05, 4.69) is 10.2 Å². The number of esters is 1. The minimum absolute atomic E-state index is 0.191. The van der Waals surface area contributed by atoms with Gasteiger partial charge >= 0.3 is 5.97 Å². The van der Waals surface area contributed by atoms with Gasteiger partial charge in [-0.25, -0.2) is 4.79 Å². The molecular weight excluding hydrogens is 436 g/mol. The molecule has 0 amide bonds. The number of nitrogens with zero attached hydrogens (tertiary/aromatic N) is 2. The Labute approximate surface area is 189 Å². The van der Waals surface area contributed by atoms with Crippen molar-refractivity contribution in [3.8, 4) is 28.7 Å². The first-order chi connectivity index (χ1) is 15.5. The zero-order chi connectivity index (χ0) is 22.5. The van der Waals surface area contributed by atoms with E-state index in [1.54, 1.807) is 56.5 Å². The number of benzene rings is 2. The summed E-state index contributed by atoms with van der Waals surface area (Å²) < 4.78 is 27.4. The third kappa shape index (κ3) is 5.03. The van der Waals surface area contributed by atoms with Gasteiger partial charge in [0.15, 0.2) is 17.6 Å². The summed E-state index contributed by atoms with van der Waals surface area (Å²) in [6.45, 7) is 2.74. The normalized spacial score (nSPS) is 14.1. The number of carbonyl (C=O) groups excluding carboxylic acids is 1. The highest BCUT2D eigenvalue weighted by Gasteiger charge is 2.19. The zero-order valence-electron chi connectivity index (χ0n) is 17.5.